The van der Waals surface area contributed by atoms with E-state index in [0.717, 1.165) is 22.9 Å². The lowest BCUT2D eigenvalue weighted by molar-refractivity contribution is 0.0981. The first kappa shape index (κ1) is 23.1. The quantitative estimate of drug-likeness (QED) is 0.480. The van der Waals surface area contributed by atoms with Crippen molar-refractivity contribution in [3.8, 4) is 22.8 Å². The standard InChI is InChI=1S/C24H23ClN2O5S/c1-33(29,30)27-24(28)18-6-4-17(5-7-18)14-31-20-9-10-22(25)21(12-20)19-8-11-23(26-13-19)32-15-16-2-3-16/h4-13,16H,2-3,14-15H2,1H3,(H,27,28). The fraction of sp³-hybridized carbons (Fsp3) is 0.250. The molecule has 33 heavy (non-hydrogen) atoms. The molecule has 0 aliphatic heterocycles. The lowest BCUT2D eigenvalue weighted by Gasteiger charge is -2.11. The van der Waals surface area contributed by atoms with Crippen LogP contribution >= 0.6 is 11.6 Å². The maximum absolute atomic E-state index is 11.9. The van der Waals surface area contributed by atoms with E-state index in [4.69, 9.17) is 21.1 Å². The number of hydrogen-bond acceptors (Lipinski definition) is 6. The molecule has 3 aromatic rings. The molecule has 2 aromatic carbocycles. The number of nitrogens with zero attached hydrogens (tertiary/aromatic N) is 1. The Balaban J connectivity index is 1.39. The van der Waals surface area contributed by atoms with E-state index in [1.54, 1.807) is 42.6 Å². The molecule has 1 amide bonds. The average molecular weight is 487 g/mol. The van der Waals surface area contributed by atoms with Crippen molar-refractivity contribution in [3.63, 3.8) is 0 Å². The minimum atomic E-state index is -3.61. The molecule has 0 bridgehead atoms. The fourth-order valence-electron chi connectivity index (χ4n) is 3.07. The number of ether oxygens (including phenoxy) is 2. The van der Waals surface area contributed by atoms with E-state index in [0.29, 0.717) is 29.2 Å². The van der Waals surface area contributed by atoms with Crippen molar-refractivity contribution in [2.24, 2.45) is 5.92 Å². The van der Waals surface area contributed by atoms with Crippen molar-refractivity contribution < 1.29 is 22.7 Å². The Morgan fingerprint density at radius 3 is 2.48 bits per heavy atom. The molecular formula is C24H23ClN2O5S. The summed E-state index contributed by atoms with van der Waals surface area (Å²) in [6, 6.07) is 15.6. The minimum absolute atomic E-state index is 0.245. The van der Waals surface area contributed by atoms with Crippen molar-refractivity contribution in [3.05, 3.63) is 76.9 Å². The van der Waals surface area contributed by atoms with Gasteiger partial charge < -0.3 is 9.47 Å². The summed E-state index contributed by atoms with van der Waals surface area (Å²) in [7, 11) is -3.61. The van der Waals surface area contributed by atoms with Crippen LogP contribution < -0.4 is 14.2 Å². The van der Waals surface area contributed by atoms with Gasteiger partial charge in [0.2, 0.25) is 15.9 Å². The summed E-state index contributed by atoms with van der Waals surface area (Å²) in [6.07, 6.45) is 5.11. The molecule has 0 radical (unpaired) electrons. The zero-order valence-electron chi connectivity index (χ0n) is 18.0. The molecule has 7 nitrogen and oxygen atoms in total. The van der Waals surface area contributed by atoms with E-state index in [9.17, 15) is 13.2 Å². The highest BCUT2D eigenvalue weighted by Gasteiger charge is 2.22. The molecule has 1 N–H and O–H groups in total. The SMILES string of the molecule is CS(=O)(=O)NC(=O)c1ccc(COc2ccc(Cl)c(-c3ccc(OCC4CC4)nc3)c2)cc1. The normalized spacial score (nSPS) is 13.4. The van der Waals surface area contributed by atoms with E-state index < -0.39 is 15.9 Å². The van der Waals surface area contributed by atoms with Gasteiger partial charge in [-0.15, -0.1) is 0 Å². The van der Waals surface area contributed by atoms with Gasteiger partial charge in [-0.2, -0.15) is 0 Å². The predicted molar refractivity (Wildman–Crippen MR) is 126 cm³/mol. The van der Waals surface area contributed by atoms with Crippen molar-refractivity contribution in [1.29, 1.82) is 0 Å². The van der Waals surface area contributed by atoms with Crippen molar-refractivity contribution in [1.82, 2.24) is 9.71 Å². The van der Waals surface area contributed by atoms with Gasteiger partial charge in [-0.1, -0.05) is 23.7 Å². The van der Waals surface area contributed by atoms with Crippen LogP contribution in [0.5, 0.6) is 11.6 Å². The number of rotatable bonds is 9. The highest BCUT2D eigenvalue weighted by Crippen LogP contribution is 2.33. The molecule has 0 spiro atoms. The van der Waals surface area contributed by atoms with Gasteiger partial charge in [-0.3, -0.25) is 4.79 Å². The minimum Gasteiger partial charge on any atom is -0.489 e. The van der Waals surface area contributed by atoms with E-state index in [2.05, 4.69) is 4.98 Å². The second-order valence-corrected chi connectivity index (χ2v) is 10.1. The van der Waals surface area contributed by atoms with E-state index in [1.165, 1.54) is 12.8 Å². The summed E-state index contributed by atoms with van der Waals surface area (Å²) in [5.74, 6) is 1.21. The summed E-state index contributed by atoms with van der Waals surface area (Å²) in [5.41, 5.74) is 2.71. The molecular weight excluding hydrogens is 464 g/mol. The van der Waals surface area contributed by atoms with Gasteiger partial charge in [-0.05, 0) is 60.7 Å². The van der Waals surface area contributed by atoms with Crippen LogP contribution in [0, 0.1) is 5.92 Å². The van der Waals surface area contributed by atoms with E-state index in [1.807, 2.05) is 22.9 Å². The zero-order chi connectivity index (χ0) is 23.4. The number of pyridine rings is 1. The summed E-state index contributed by atoms with van der Waals surface area (Å²) in [6.45, 7) is 0.973. The van der Waals surface area contributed by atoms with Crippen LogP contribution in [0.2, 0.25) is 5.02 Å². The second-order valence-electron chi connectivity index (χ2n) is 7.97. The van der Waals surface area contributed by atoms with Crippen molar-refractivity contribution in [2.45, 2.75) is 19.4 Å². The molecule has 1 aliphatic rings. The third kappa shape index (κ3) is 6.69. The number of hydrogen-bond donors (Lipinski definition) is 1. The van der Waals surface area contributed by atoms with Crippen molar-refractivity contribution >= 4 is 27.5 Å². The molecule has 172 valence electrons. The van der Waals surface area contributed by atoms with Crippen LogP contribution in [0.3, 0.4) is 0 Å². The molecule has 1 heterocycles. The lowest BCUT2D eigenvalue weighted by Crippen LogP contribution is -2.29. The third-order valence-electron chi connectivity index (χ3n) is 5.05. The van der Waals surface area contributed by atoms with Crippen LogP contribution in [-0.4, -0.2) is 32.2 Å². The predicted octanol–water partition coefficient (Wildman–Crippen LogP) is 4.46. The molecule has 9 heteroatoms. The first-order valence-corrected chi connectivity index (χ1v) is 12.7. The zero-order valence-corrected chi connectivity index (χ0v) is 19.5. The Hall–Kier alpha value is -3.10. The number of halogens is 1. The smallest absolute Gasteiger partial charge is 0.264 e. The maximum Gasteiger partial charge on any atom is 0.264 e. The first-order valence-electron chi connectivity index (χ1n) is 10.4. The number of carbonyl (C=O) groups excluding carboxylic acids is 1. The van der Waals surface area contributed by atoms with Crippen LogP contribution in [0.25, 0.3) is 11.1 Å². The maximum atomic E-state index is 11.9. The average Bonchev–Trinajstić information content (AvgIpc) is 3.61. The van der Waals surface area contributed by atoms with Gasteiger partial charge in [0, 0.05) is 34.0 Å². The molecule has 1 aromatic heterocycles. The molecule has 4 rings (SSSR count). The van der Waals surface area contributed by atoms with E-state index in [-0.39, 0.29) is 12.2 Å². The number of sulfonamides is 1. The summed E-state index contributed by atoms with van der Waals surface area (Å²) >= 11 is 6.40. The van der Waals surface area contributed by atoms with Crippen LogP contribution in [0.15, 0.2) is 60.8 Å². The van der Waals surface area contributed by atoms with Gasteiger partial charge in [0.15, 0.2) is 0 Å². The van der Waals surface area contributed by atoms with Gasteiger partial charge in [0.25, 0.3) is 5.91 Å². The highest BCUT2D eigenvalue weighted by molar-refractivity contribution is 7.89. The Labute approximate surface area is 197 Å². The Morgan fingerprint density at radius 2 is 1.85 bits per heavy atom. The summed E-state index contributed by atoms with van der Waals surface area (Å²) < 4.78 is 35.9. The molecule has 1 aliphatic carbocycles. The van der Waals surface area contributed by atoms with Crippen molar-refractivity contribution in [2.75, 3.05) is 12.9 Å². The Kier molecular flexibility index (Phi) is 6.85. The molecule has 0 atom stereocenters. The lowest BCUT2D eigenvalue weighted by atomic mass is 10.1. The van der Waals surface area contributed by atoms with Crippen LogP contribution in [0.4, 0.5) is 0 Å². The number of aromatic nitrogens is 1. The monoisotopic (exact) mass is 486 g/mol. The van der Waals surface area contributed by atoms with E-state index >= 15 is 0 Å². The van der Waals surface area contributed by atoms with Gasteiger partial charge >= 0.3 is 0 Å². The summed E-state index contributed by atoms with van der Waals surface area (Å²) in [4.78, 5) is 16.3. The second kappa shape index (κ2) is 9.80. The molecule has 0 saturated heterocycles. The van der Waals surface area contributed by atoms with Crippen LogP contribution in [-0.2, 0) is 16.6 Å². The molecule has 1 saturated carbocycles. The number of amides is 1. The first-order chi connectivity index (χ1) is 15.8. The number of carbonyl (C=O) groups is 1. The summed E-state index contributed by atoms with van der Waals surface area (Å²) in [5, 5.41) is 0.581. The van der Waals surface area contributed by atoms with Gasteiger partial charge in [0.1, 0.15) is 12.4 Å². The highest BCUT2D eigenvalue weighted by atomic mass is 35.5. The van der Waals surface area contributed by atoms with Gasteiger partial charge in [0.05, 0.1) is 12.9 Å². The molecule has 1 fully saturated rings. The van der Waals surface area contributed by atoms with Crippen LogP contribution in [0.1, 0.15) is 28.8 Å². The molecule has 0 unspecified atom stereocenters. The Morgan fingerprint density at radius 1 is 1.09 bits per heavy atom. The largest absolute Gasteiger partial charge is 0.489 e. The topological polar surface area (TPSA) is 94.6 Å². The third-order valence-corrected chi connectivity index (χ3v) is 5.93. The number of nitrogens with one attached hydrogen (secondary N) is 1. The van der Waals surface area contributed by atoms with Gasteiger partial charge in [-0.25, -0.2) is 18.1 Å². The fourth-order valence-corrected chi connectivity index (χ4v) is 3.76. The number of benzene rings is 2. The Bertz CT molecular complexity index is 1240.